The first-order valence-corrected chi connectivity index (χ1v) is 2.82. The fraction of sp³-hybridized carbons (Fsp3) is 0. The van der Waals surface area contributed by atoms with E-state index in [0.717, 1.165) is 0 Å². The molecule has 0 aliphatic heterocycles. The van der Waals surface area contributed by atoms with Gasteiger partial charge in [-0.3, -0.25) is 10.2 Å². The Labute approximate surface area is 58.0 Å². The summed E-state index contributed by atoms with van der Waals surface area (Å²) in [6, 6.07) is 5.18. The van der Waals surface area contributed by atoms with Gasteiger partial charge >= 0.3 is 5.91 Å². The number of hydrogen-bond donors (Lipinski definition) is 2. The van der Waals surface area contributed by atoms with E-state index in [1.54, 1.807) is 24.4 Å². The number of hydrogen-bond acceptors (Lipinski definition) is 2. The Morgan fingerprint density at radius 3 is 2.90 bits per heavy atom. The van der Waals surface area contributed by atoms with E-state index in [9.17, 15) is 4.79 Å². The average molecular weight is 138 g/mol. The lowest BCUT2D eigenvalue weighted by molar-refractivity contribution is -0.382. The molecule has 0 aliphatic rings. The molecule has 0 spiro atoms. The van der Waals surface area contributed by atoms with Crippen molar-refractivity contribution >= 4 is 5.91 Å². The number of nitrogens with one attached hydrogen (secondary N) is 2. The highest BCUT2D eigenvalue weighted by atomic mass is 16.2. The van der Waals surface area contributed by atoms with Gasteiger partial charge in [-0.25, -0.2) is 10.8 Å². The first-order valence-electron chi connectivity index (χ1n) is 2.82. The third-order valence-electron chi connectivity index (χ3n) is 1.08. The summed E-state index contributed by atoms with van der Waals surface area (Å²) in [5.41, 5.74) is 2.46. The van der Waals surface area contributed by atoms with Crippen molar-refractivity contribution in [2.45, 2.75) is 0 Å². The number of nitrogens with two attached hydrogens (primary N) is 1. The van der Waals surface area contributed by atoms with Crippen LogP contribution in [0.25, 0.3) is 0 Å². The normalized spacial score (nSPS) is 8.90. The zero-order chi connectivity index (χ0) is 7.40. The molecule has 0 atom stereocenters. The van der Waals surface area contributed by atoms with Gasteiger partial charge in [-0.15, -0.1) is 0 Å². The number of amides is 1. The quantitative estimate of drug-likeness (QED) is 0.300. The summed E-state index contributed by atoms with van der Waals surface area (Å²) in [6.07, 6.45) is 1.66. The summed E-state index contributed by atoms with van der Waals surface area (Å²) in [5, 5.41) is 0. The molecule has 4 N–H and O–H groups in total. The summed E-state index contributed by atoms with van der Waals surface area (Å²) in [6.45, 7) is 0. The summed E-state index contributed by atoms with van der Waals surface area (Å²) >= 11 is 0. The van der Waals surface area contributed by atoms with E-state index in [0.29, 0.717) is 5.69 Å². The molecule has 1 amide bonds. The molecule has 0 saturated heterocycles. The molecule has 0 saturated carbocycles. The summed E-state index contributed by atoms with van der Waals surface area (Å²) in [7, 11) is 0. The monoisotopic (exact) mass is 138 g/mol. The lowest BCUT2D eigenvalue weighted by Gasteiger charge is -1.89. The fourth-order valence-electron chi connectivity index (χ4n) is 0.612. The molecule has 1 rings (SSSR count). The standard InChI is InChI=1S/C6H7N3O/c7-9-6(10)5-3-1-2-4-8-5/h1-4H,7H2,(H,9,10)/p+1. The van der Waals surface area contributed by atoms with Gasteiger partial charge in [0.15, 0.2) is 6.20 Å². The Bertz CT molecular complexity index is 222. The van der Waals surface area contributed by atoms with Crippen LogP contribution in [0.4, 0.5) is 0 Å². The fourth-order valence-corrected chi connectivity index (χ4v) is 0.612. The number of rotatable bonds is 1. The van der Waals surface area contributed by atoms with Gasteiger partial charge in [0.2, 0.25) is 0 Å². The Kier molecular flexibility index (Phi) is 1.96. The van der Waals surface area contributed by atoms with E-state index in [1.165, 1.54) is 0 Å². The number of nitrogen functional groups attached to an aromatic ring is 1. The molecule has 0 bridgehead atoms. The largest absolute Gasteiger partial charge is 0.329 e. The van der Waals surface area contributed by atoms with E-state index in [2.05, 4.69) is 4.98 Å². The van der Waals surface area contributed by atoms with Crippen LogP contribution in [0.2, 0.25) is 0 Å². The van der Waals surface area contributed by atoms with Gasteiger partial charge in [-0.2, -0.15) is 0 Å². The molecule has 1 heterocycles. The molecule has 1 aromatic heterocycles. The van der Waals surface area contributed by atoms with Crippen LogP contribution in [-0.4, -0.2) is 5.91 Å². The van der Waals surface area contributed by atoms with Crippen LogP contribution >= 0.6 is 0 Å². The Morgan fingerprint density at radius 2 is 2.40 bits per heavy atom. The predicted molar refractivity (Wildman–Crippen MR) is 34.7 cm³/mol. The zero-order valence-corrected chi connectivity index (χ0v) is 5.29. The van der Waals surface area contributed by atoms with Crippen LogP contribution in [0.15, 0.2) is 24.4 Å². The molecule has 4 heteroatoms. The lowest BCUT2D eigenvalue weighted by Crippen LogP contribution is -2.34. The van der Waals surface area contributed by atoms with Crippen molar-refractivity contribution in [3.63, 3.8) is 0 Å². The number of H-pyrrole nitrogens is 1. The smallest absolute Gasteiger partial charge is 0.285 e. The van der Waals surface area contributed by atoms with Crippen LogP contribution in [0.1, 0.15) is 10.5 Å². The van der Waals surface area contributed by atoms with Gasteiger partial charge in [0, 0.05) is 12.1 Å². The van der Waals surface area contributed by atoms with Crippen molar-refractivity contribution in [3.8, 4) is 0 Å². The minimum absolute atomic E-state index is 0.319. The number of carbonyl (C=O) groups excluding carboxylic acids is 1. The van der Waals surface area contributed by atoms with Gasteiger partial charge in [-0.05, 0) is 6.07 Å². The van der Waals surface area contributed by atoms with E-state index in [1.807, 2.05) is 5.43 Å². The highest BCUT2D eigenvalue weighted by Gasteiger charge is 2.07. The van der Waals surface area contributed by atoms with Crippen LogP contribution in [-0.2, 0) is 0 Å². The second kappa shape index (κ2) is 2.93. The molecule has 0 radical (unpaired) electrons. The van der Waals surface area contributed by atoms with Crippen molar-refractivity contribution in [3.05, 3.63) is 30.1 Å². The molecule has 0 aromatic carbocycles. The number of carbonyl (C=O) groups is 1. The molecule has 1 aromatic rings. The SMILES string of the molecule is NNC(=O)c1cccc[nH+]1. The summed E-state index contributed by atoms with van der Waals surface area (Å²) in [4.78, 5) is 13.5. The minimum atomic E-state index is -0.319. The molecule has 0 unspecified atom stereocenters. The van der Waals surface area contributed by atoms with E-state index >= 15 is 0 Å². The maximum atomic E-state index is 10.7. The Morgan fingerprint density at radius 1 is 1.60 bits per heavy atom. The van der Waals surface area contributed by atoms with Crippen molar-refractivity contribution < 1.29 is 9.78 Å². The highest BCUT2D eigenvalue weighted by Crippen LogP contribution is 1.85. The van der Waals surface area contributed by atoms with Gasteiger partial charge in [0.1, 0.15) is 0 Å². The maximum Gasteiger partial charge on any atom is 0.329 e. The van der Waals surface area contributed by atoms with Crippen molar-refractivity contribution in [1.29, 1.82) is 0 Å². The topological polar surface area (TPSA) is 69.3 Å². The summed E-state index contributed by atoms with van der Waals surface area (Å²) < 4.78 is 0. The lowest BCUT2D eigenvalue weighted by atomic mass is 10.3. The maximum absolute atomic E-state index is 10.7. The molecule has 0 aliphatic carbocycles. The number of hydrazine groups is 1. The van der Waals surface area contributed by atoms with E-state index < -0.39 is 0 Å². The van der Waals surface area contributed by atoms with Crippen LogP contribution in [0.5, 0.6) is 0 Å². The number of aromatic nitrogens is 1. The third-order valence-corrected chi connectivity index (χ3v) is 1.08. The van der Waals surface area contributed by atoms with Gasteiger partial charge < -0.3 is 0 Å². The van der Waals surface area contributed by atoms with E-state index in [-0.39, 0.29) is 5.91 Å². The molecular formula is C6H8N3O+. The molecule has 4 nitrogen and oxygen atoms in total. The number of pyridine rings is 1. The van der Waals surface area contributed by atoms with Crippen molar-refractivity contribution in [2.24, 2.45) is 5.84 Å². The Hall–Kier alpha value is -1.42. The zero-order valence-electron chi connectivity index (χ0n) is 5.29. The first kappa shape index (κ1) is 6.70. The van der Waals surface area contributed by atoms with Gasteiger partial charge in [-0.1, -0.05) is 0 Å². The number of aromatic amines is 1. The van der Waals surface area contributed by atoms with Crippen molar-refractivity contribution in [1.82, 2.24) is 5.43 Å². The molecule has 52 valence electrons. The Balaban J connectivity index is 2.85. The van der Waals surface area contributed by atoms with Crippen LogP contribution < -0.4 is 16.3 Å². The summed E-state index contributed by atoms with van der Waals surface area (Å²) in [5.74, 6) is 4.57. The first-order chi connectivity index (χ1) is 4.84. The minimum Gasteiger partial charge on any atom is -0.285 e. The highest BCUT2D eigenvalue weighted by molar-refractivity contribution is 5.90. The predicted octanol–water partition coefficient (Wildman–Crippen LogP) is -0.896. The third kappa shape index (κ3) is 1.29. The molecule has 0 fully saturated rings. The second-order valence-corrected chi connectivity index (χ2v) is 1.75. The molecule has 10 heavy (non-hydrogen) atoms. The van der Waals surface area contributed by atoms with E-state index in [4.69, 9.17) is 5.84 Å². The molecular weight excluding hydrogens is 130 g/mol. The second-order valence-electron chi connectivity index (χ2n) is 1.75. The van der Waals surface area contributed by atoms with Crippen LogP contribution in [0.3, 0.4) is 0 Å². The van der Waals surface area contributed by atoms with Crippen molar-refractivity contribution in [2.75, 3.05) is 0 Å². The van der Waals surface area contributed by atoms with Crippen LogP contribution in [0, 0.1) is 0 Å². The van der Waals surface area contributed by atoms with Gasteiger partial charge in [0.25, 0.3) is 5.69 Å². The average Bonchev–Trinajstić information content (AvgIpc) is 2.05. The van der Waals surface area contributed by atoms with Gasteiger partial charge in [0.05, 0.1) is 0 Å².